The molecule has 6 atom stereocenters. The number of aliphatic hydroxyl groups is 5. The van der Waals surface area contributed by atoms with Crippen molar-refractivity contribution in [3.8, 4) is 0 Å². The van der Waals surface area contributed by atoms with Crippen molar-refractivity contribution in [3.63, 3.8) is 0 Å². The monoisotopic (exact) mass is 893 g/mol. The number of hydrogen-bond donors (Lipinski definition) is 6. The molecule has 1 saturated carbocycles. The number of allylic oxidation sites excluding steroid dienone is 2. The Morgan fingerprint density at radius 2 is 0.869 bits per heavy atom. The molecule has 0 bridgehead atoms. The minimum absolute atomic E-state index is 0.0712. The molecule has 0 aromatic rings. The summed E-state index contributed by atoms with van der Waals surface area (Å²) in [6.45, 7) is 4.28. The van der Waals surface area contributed by atoms with Crippen molar-refractivity contribution in [2.45, 2.75) is 268 Å². The van der Waals surface area contributed by atoms with Gasteiger partial charge in [0.25, 0.3) is 0 Å². The molecule has 12 nitrogen and oxygen atoms in total. The van der Waals surface area contributed by atoms with Crippen molar-refractivity contribution in [3.05, 3.63) is 12.2 Å². The average Bonchev–Trinajstić information content (AvgIpc) is 3.24. The largest absolute Gasteiger partial charge is 0.472 e. The molecule has 1 fully saturated rings. The van der Waals surface area contributed by atoms with E-state index in [1.54, 1.807) is 0 Å². The molecule has 0 amide bonds. The summed E-state index contributed by atoms with van der Waals surface area (Å²) >= 11 is 0. The highest BCUT2D eigenvalue weighted by Crippen LogP contribution is 2.47. The van der Waals surface area contributed by atoms with E-state index in [9.17, 15) is 39.8 Å². The second-order valence-electron chi connectivity index (χ2n) is 17.7. The van der Waals surface area contributed by atoms with Gasteiger partial charge in [-0.3, -0.25) is 13.8 Å². The Kier molecular flexibility index (Phi) is 37.6. The number of phosphoric acid groups is 1. The van der Waals surface area contributed by atoms with Crippen LogP contribution in [0.2, 0.25) is 0 Å². The first-order valence-electron chi connectivity index (χ1n) is 25.0. The smallest absolute Gasteiger partial charge is 0.457 e. The van der Waals surface area contributed by atoms with Crippen molar-refractivity contribution >= 4 is 13.8 Å². The molecule has 0 aromatic carbocycles. The maximum atomic E-state index is 12.8. The van der Waals surface area contributed by atoms with Gasteiger partial charge >= 0.3 is 13.8 Å². The summed E-state index contributed by atoms with van der Waals surface area (Å²) in [7, 11) is -5.01. The van der Waals surface area contributed by atoms with E-state index in [4.69, 9.17) is 18.5 Å². The first-order chi connectivity index (χ1) is 29.5. The topological polar surface area (TPSA) is 192 Å². The predicted molar refractivity (Wildman–Crippen MR) is 244 cm³/mol. The van der Waals surface area contributed by atoms with E-state index in [2.05, 4.69) is 26.0 Å². The summed E-state index contributed by atoms with van der Waals surface area (Å²) in [5, 5.41) is 50.2. The van der Waals surface area contributed by atoms with Gasteiger partial charge in [-0.2, -0.15) is 0 Å². The Hall–Kier alpha value is -0.920. The van der Waals surface area contributed by atoms with Crippen LogP contribution in [0.15, 0.2) is 12.2 Å². The van der Waals surface area contributed by atoms with Crippen molar-refractivity contribution < 1.29 is 58.3 Å². The third-order valence-corrected chi connectivity index (χ3v) is 12.9. The summed E-state index contributed by atoms with van der Waals surface area (Å²) in [4.78, 5) is 23.2. The van der Waals surface area contributed by atoms with Crippen molar-refractivity contribution in [2.75, 3.05) is 19.8 Å². The fourth-order valence-corrected chi connectivity index (χ4v) is 8.85. The molecule has 0 aromatic heterocycles. The molecule has 1 aliphatic rings. The van der Waals surface area contributed by atoms with Crippen LogP contribution in [0.1, 0.15) is 226 Å². The van der Waals surface area contributed by atoms with E-state index in [1.807, 2.05) is 0 Å². The number of unbranched alkanes of at least 4 members (excludes halogenated alkanes) is 29. The van der Waals surface area contributed by atoms with Crippen LogP contribution in [0.5, 0.6) is 0 Å². The number of carbonyl (C=O) groups excluding carboxylic acids is 1. The Morgan fingerprint density at radius 1 is 0.508 bits per heavy atom. The highest BCUT2D eigenvalue weighted by molar-refractivity contribution is 7.47. The third kappa shape index (κ3) is 31.6. The highest BCUT2D eigenvalue weighted by Gasteiger charge is 2.51. The van der Waals surface area contributed by atoms with Crippen LogP contribution in [0.25, 0.3) is 0 Å². The average molecular weight is 893 g/mol. The predicted octanol–water partition coefficient (Wildman–Crippen LogP) is 10.7. The molecule has 0 spiro atoms. The SMILES string of the molecule is CCCCCCCCCC/C=C\CCCCCCCCCCCCCC(=O)OC(COCCCCCCCCCCCCC)COP(=O)(O)OC1C(O)C(O)C(O)C(O)C1O. The Morgan fingerprint density at radius 3 is 1.30 bits per heavy atom. The Bertz CT molecular complexity index is 1060. The zero-order chi connectivity index (χ0) is 44.8. The lowest BCUT2D eigenvalue weighted by molar-refractivity contribution is -0.220. The normalized spacial score (nSPS) is 22.2. The van der Waals surface area contributed by atoms with Crippen molar-refractivity contribution in [1.29, 1.82) is 0 Å². The van der Waals surface area contributed by atoms with Crippen LogP contribution in [0.4, 0.5) is 0 Å². The van der Waals surface area contributed by atoms with E-state index in [1.165, 1.54) is 161 Å². The molecule has 6 N–H and O–H groups in total. The van der Waals surface area contributed by atoms with Crippen molar-refractivity contribution in [2.24, 2.45) is 0 Å². The first-order valence-corrected chi connectivity index (χ1v) is 26.5. The van der Waals surface area contributed by atoms with Crippen LogP contribution in [-0.2, 0) is 27.9 Å². The summed E-state index contributed by atoms with van der Waals surface area (Å²) in [5.74, 6) is -0.474. The first kappa shape index (κ1) is 58.1. The molecule has 61 heavy (non-hydrogen) atoms. The van der Waals surface area contributed by atoms with Gasteiger partial charge < -0.3 is 39.9 Å². The zero-order valence-corrected chi connectivity index (χ0v) is 39.6. The molecule has 0 heterocycles. The van der Waals surface area contributed by atoms with Gasteiger partial charge in [-0.25, -0.2) is 4.57 Å². The summed E-state index contributed by atoms with van der Waals surface area (Å²) < 4.78 is 34.2. The molecule has 1 aliphatic carbocycles. The van der Waals surface area contributed by atoms with E-state index >= 15 is 0 Å². The van der Waals surface area contributed by atoms with Crippen LogP contribution >= 0.6 is 7.82 Å². The van der Waals surface area contributed by atoms with Gasteiger partial charge in [0.15, 0.2) is 0 Å². The number of esters is 1. The van der Waals surface area contributed by atoms with Gasteiger partial charge in [0.2, 0.25) is 0 Å². The number of phosphoric ester groups is 1. The van der Waals surface area contributed by atoms with E-state index in [0.29, 0.717) is 13.0 Å². The molecule has 362 valence electrons. The summed E-state index contributed by atoms with van der Waals surface area (Å²) in [5.41, 5.74) is 0. The standard InChI is InChI=1S/C48H93O12P/c1-3-5-7-9-11-13-15-16-17-18-19-20-21-22-23-24-25-26-27-29-31-33-35-37-42(49)59-41(39-57-38-36-34-32-30-28-14-12-10-8-6-4-2)40-58-61(55,56)60-48-46(53)44(51)43(50)45(52)47(48)54/h18-19,41,43-48,50-54H,3-17,20-40H2,1-2H3,(H,55,56)/b19-18-. The molecule has 0 radical (unpaired) electrons. The molecular formula is C48H93O12P. The van der Waals surface area contributed by atoms with Gasteiger partial charge in [-0.1, -0.05) is 193 Å². The van der Waals surface area contributed by atoms with Crippen molar-refractivity contribution in [1.82, 2.24) is 0 Å². The molecule has 0 aliphatic heterocycles. The number of carbonyl (C=O) groups is 1. The fourth-order valence-electron chi connectivity index (χ4n) is 7.88. The number of aliphatic hydroxyl groups excluding tert-OH is 5. The Balaban J connectivity index is 2.29. The third-order valence-electron chi connectivity index (χ3n) is 11.9. The molecular weight excluding hydrogens is 799 g/mol. The van der Waals surface area contributed by atoms with Gasteiger partial charge in [-0.15, -0.1) is 0 Å². The van der Waals surface area contributed by atoms with E-state index in [-0.39, 0.29) is 13.0 Å². The number of hydrogen-bond acceptors (Lipinski definition) is 11. The molecule has 13 heteroatoms. The van der Waals surface area contributed by atoms with Gasteiger partial charge in [0.05, 0.1) is 13.2 Å². The molecule has 1 rings (SSSR count). The van der Waals surface area contributed by atoms with Gasteiger partial charge in [0, 0.05) is 13.0 Å². The minimum Gasteiger partial charge on any atom is -0.457 e. The van der Waals surface area contributed by atoms with Crippen LogP contribution in [0.3, 0.4) is 0 Å². The van der Waals surface area contributed by atoms with Crippen LogP contribution in [0, 0.1) is 0 Å². The van der Waals surface area contributed by atoms with E-state index < -0.39 is 63.1 Å². The molecule has 6 unspecified atom stereocenters. The summed E-state index contributed by atoms with van der Waals surface area (Å²) in [6, 6.07) is 0. The number of ether oxygens (including phenoxy) is 2. The van der Waals surface area contributed by atoms with Crippen LogP contribution < -0.4 is 0 Å². The Labute approximate surface area is 371 Å². The number of rotatable bonds is 43. The van der Waals surface area contributed by atoms with Gasteiger partial charge in [-0.05, 0) is 38.5 Å². The minimum atomic E-state index is -5.01. The second-order valence-corrected chi connectivity index (χ2v) is 19.1. The lowest BCUT2D eigenvalue weighted by Crippen LogP contribution is -2.64. The summed E-state index contributed by atoms with van der Waals surface area (Å²) in [6.07, 6.45) is 31.5. The lowest BCUT2D eigenvalue weighted by atomic mass is 9.85. The highest BCUT2D eigenvalue weighted by atomic mass is 31.2. The lowest BCUT2D eigenvalue weighted by Gasteiger charge is -2.41. The quantitative estimate of drug-likeness (QED) is 0.0147. The van der Waals surface area contributed by atoms with Crippen LogP contribution in [-0.4, -0.2) is 98.9 Å². The van der Waals surface area contributed by atoms with Gasteiger partial charge in [0.1, 0.15) is 42.7 Å². The zero-order valence-electron chi connectivity index (χ0n) is 38.7. The molecule has 0 saturated heterocycles. The maximum Gasteiger partial charge on any atom is 0.472 e. The fraction of sp³-hybridized carbons (Fsp3) is 0.938. The second kappa shape index (κ2) is 39.4. The maximum absolute atomic E-state index is 12.8. The van der Waals surface area contributed by atoms with E-state index in [0.717, 1.165) is 38.5 Å².